The molecule has 2 aromatic carbocycles. The van der Waals surface area contributed by atoms with E-state index in [1.807, 2.05) is 37.3 Å². The Morgan fingerprint density at radius 1 is 1.07 bits per heavy atom. The van der Waals surface area contributed by atoms with Gasteiger partial charge in [-0.25, -0.2) is 5.01 Å². The molecule has 158 valence electrons. The first kappa shape index (κ1) is 22.1. The second kappa shape index (κ2) is 9.97. The Labute approximate surface area is 191 Å². The summed E-state index contributed by atoms with van der Waals surface area (Å²) in [5.41, 5.74) is 5.12. The number of halogens is 1. The van der Waals surface area contributed by atoms with E-state index in [1.54, 1.807) is 18.2 Å². The third kappa shape index (κ3) is 4.77. The van der Waals surface area contributed by atoms with Gasteiger partial charge in [0.1, 0.15) is 11.3 Å². The van der Waals surface area contributed by atoms with E-state index in [0.29, 0.717) is 23.6 Å². The first-order valence-corrected chi connectivity index (χ1v) is 11.2. The number of amides is 2. The number of rotatable bonds is 8. The zero-order valence-corrected chi connectivity index (χ0v) is 19.6. The minimum atomic E-state index is -0.423. The van der Waals surface area contributed by atoms with Crippen molar-refractivity contribution in [1.82, 2.24) is 5.43 Å². The molecule has 1 fully saturated rings. The van der Waals surface area contributed by atoms with Crippen molar-refractivity contribution >= 4 is 51.9 Å². The van der Waals surface area contributed by atoms with Crippen molar-refractivity contribution in [1.29, 1.82) is 0 Å². The summed E-state index contributed by atoms with van der Waals surface area (Å²) in [6.45, 7) is 8.58. The van der Waals surface area contributed by atoms with Gasteiger partial charge in [0.2, 0.25) is 0 Å². The number of ether oxygens (including phenoxy) is 1. The predicted molar refractivity (Wildman–Crippen MR) is 129 cm³/mol. The van der Waals surface area contributed by atoms with Crippen molar-refractivity contribution in [2.75, 3.05) is 29.6 Å². The zero-order chi connectivity index (χ0) is 21.7. The Morgan fingerprint density at radius 2 is 1.77 bits per heavy atom. The Morgan fingerprint density at radius 3 is 2.40 bits per heavy atom. The Kier molecular flexibility index (Phi) is 7.36. The van der Waals surface area contributed by atoms with E-state index >= 15 is 0 Å². The number of nitrogens with zero attached hydrogens (tertiary/aromatic N) is 2. The lowest BCUT2D eigenvalue weighted by molar-refractivity contribution is -0.117. The molecule has 1 heterocycles. The highest BCUT2D eigenvalue weighted by atomic mass is 127. The Hall–Kier alpha value is -2.55. The van der Waals surface area contributed by atoms with Crippen LogP contribution in [0.3, 0.4) is 0 Å². The van der Waals surface area contributed by atoms with E-state index in [-0.39, 0.29) is 11.5 Å². The van der Waals surface area contributed by atoms with Gasteiger partial charge in [-0.3, -0.25) is 15.0 Å². The smallest absolute Gasteiger partial charge is 0.282 e. The molecule has 1 aliphatic rings. The van der Waals surface area contributed by atoms with E-state index in [4.69, 9.17) is 4.74 Å². The summed E-state index contributed by atoms with van der Waals surface area (Å²) in [5, 5.41) is 1.28. The highest BCUT2D eigenvalue weighted by Gasteiger charge is 2.34. The summed E-state index contributed by atoms with van der Waals surface area (Å²) >= 11 is 2.20. The first-order chi connectivity index (χ1) is 14.5. The summed E-state index contributed by atoms with van der Waals surface area (Å²) in [4.78, 5) is 27.7. The average molecular weight is 519 g/mol. The maximum absolute atomic E-state index is 12.9. The molecule has 3 rings (SSSR count). The highest BCUT2D eigenvalue weighted by molar-refractivity contribution is 14.1. The van der Waals surface area contributed by atoms with Crippen LogP contribution in [0, 0.1) is 3.57 Å². The number of anilines is 2. The largest absolute Gasteiger partial charge is 0.493 e. The lowest BCUT2D eigenvalue weighted by atomic mass is 10.1. The van der Waals surface area contributed by atoms with Crippen LogP contribution in [0.1, 0.15) is 32.8 Å². The molecule has 0 spiro atoms. The molecule has 0 unspecified atom stereocenters. The zero-order valence-electron chi connectivity index (χ0n) is 17.4. The maximum Gasteiger partial charge on any atom is 0.282 e. The summed E-state index contributed by atoms with van der Waals surface area (Å²) in [5.74, 6) is -0.134. The van der Waals surface area contributed by atoms with Gasteiger partial charge in [-0.15, -0.1) is 0 Å². The van der Waals surface area contributed by atoms with E-state index in [2.05, 4.69) is 46.8 Å². The van der Waals surface area contributed by atoms with E-state index in [0.717, 1.165) is 28.8 Å². The first-order valence-electron chi connectivity index (χ1n) is 10.1. The molecule has 30 heavy (non-hydrogen) atoms. The van der Waals surface area contributed by atoms with Crippen LogP contribution in [0.2, 0.25) is 0 Å². The average Bonchev–Trinajstić information content (AvgIpc) is 3.03. The van der Waals surface area contributed by atoms with E-state index in [1.165, 1.54) is 5.01 Å². The van der Waals surface area contributed by atoms with Crippen molar-refractivity contribution in [3.63, 3.8) is 0 Å². The standard InChI is InChI=1S/C23H26IN3O3/c1-4-13-30-21-15-19(26(5-2)6-3)10-7-16(21)14-20-22(28)25-27(23(20)29)18-11-8-17(24)9-12-18/h7-12,14-15H,4-6,13H2,1-3H3,(H,25,28). The third-order valence-corrected chi connectivity index (χ3v) is 5.58. The number of carbonyl (C=O) groups is 2. The molecule has 0 aliphatic carbocycles. The molecule has 0 aromatic heterocycles. The fourth-order valence-electron chi connectivity index (χ4n) is 3.25. The van der Waals surface area contributed by atoms with Crippen LogP contribution >= 0.6 is 22.6 Å². The summed E-state index contributed by atoms with van der Waals surface area (Å²) in [6.07, 6.45) is 2.48. The van der Waals surface area contributed by atoms with Gasteiger partial charge < -0.3 is 9.64 Å². The molecule has 0 radical (unpaired) electrons. The molecule has 6 nitrogen and oxygen atoms in total. The van der Waals surface area contributed by atoms with E-state index in [9.17, 15) is 9.59 Å². The normalized spacial score (nSPS) is 14.9. The maximum atomic E-state index is 12.9. The SMILES string of the molecule is CCCOc1cc(N(CC)CC)ccc1C=C1C(=O)NN(c2ccc(I)cc2)C1=O. The fraction of sp³-hybridized carbons (Fsp3) is 0.304. The molecule has 2 amide bonds. The third-order valence-electron chi connectivity index (χ3n) is 4.86. The minimum absolute atomic E-state index is 0.0884. The molecule has 0 saturated carbocycles. The monoisotopic (exact) mass is 519 g/mol. The lowest BCUT2D eigenvalue weighted by Crippen LogP contribution is -2.35. The molecular weight excluding hydrogens is 493 g/mol. The number of benzene rings is 2. The van der Waals surface area contributed by atoms with Crippen LogP contribution in [-0.2, 0) is 9.59 Å². The van der Waals surface area contributed by atoms with Crippen molar-refractivity contribution in [3.05, 3.63) is 57.2 Å². The Bertz CT molecular complexity index is 953. The van der Waals surface area contributed by atoms with Crippen LogP contribution in [0.5, 0.6) is 5.75 Å². The lowest BCUT2D eigenvalue weighted by Gasteiger charge is -2.22. The summed E-state index contributed by atoms with van der Waals surface area (Å²) < 4.78 is 6.99. The molecule has 1 aliphatic heterocycles. The number of hydrazine groups is 1. The van der Waals surface area contributed by atoms with Crippen LogP contribution < -0.4 is 20.1 Å². The van der Waals surface area contributed by atoms with Gasteiger partial charge in [0.05, 0.1) is 12.3 Å². The molecule has 0 bridgehead atoms. The van der Waals surface area contributed by atoms with E-state index < -0.39 is 5.91 Å². The van der Waals surface area contributed by atoms with Gasteiger partial charge in [0, 0.05) is 34.0 Å². The number of carbonyl (C=O) groups excluding carboxylic acids is 2. The number of hydrogen-bond donors (Lipinski definition) is 1. The predicted octanol–water partition coefficient (Wildman–Crippen LogP) is 4.39. The van der Waals surface area contributed by atoms with Crippen molar-refractivity contribution in [2.24, 2.45) is 0 Å². The van der Waals surface area contributed by atoms with Gasteiger partial charge >= 0.3 is 0 Å². The highest BCUT2D eigenvalue weighted by Crippen LogP contribution is 2.30. The van der Waals surface area contributed by atoms with Crippen LogP contribution in [0.25, 0.3) is 6.08 Å². The topological polar surface area (TPSA) is 61.9 Å². The van der Waals surface area contributed by atoms with Crippen molar-refractivity contribution < 1.29 is 14.3 Å². The molecule has 0 atom stereocenters. The fourth-order valence-corrected chi connectivity index (χ4v) is 3.61. The van der Waals surface area contributed by atoms with Crippen molar-refractivity contribution in [2.45, 2.75) is 27.2 Å². The number of hydrogen-bond acceptors (Lipinski definition) is 4. The molecular formula is C23H26IN3O3. The molecule has 2 aromatic rings. The Balaban J connectivity index is 1.95. The summed E-state index contributed by atoms with van der Waals surface area (Å²) in [6, 6.07) is 13.3. The van der Waals surface area contributed by atoms with Crippen molar-refractivity contribution in [3.8, 4) is 5.75 Å². The number of nitrogens with one attached hydrogen (secondary N) is 1. The van der Waals surface area contributed by atoms with Gasteiger partial charge in [0.25, 0.3) is 11.8 Å². The molecule has 1 saturated heterocycles. The van der Waals surface area contributed by atoms with Gasteiger partial charge in [-0.1, -0.05) is 6.92 Å². The van der Waals surface area contributed by atoms with Gasteiger partial charge in [0.15, 0.2) is 0 Å². The van der Waals surface area contributed by atoms with Gasteiger partial charge in [-0.2, -0.15) is 0 Å². The second-order valence-corrected chi connectivity index (χ2v) is 8.10. The second-order valence-electron chi connectivity index (χ2n) is 6.86. The molecule has 1 N–H and O–H groups in total. The minimum Gasteiger partial charge on any atom is -0.493 e. The van der Waals surface area contributed by atoms with Crippen LogP contribution in [0.15, 0.2) is 48.0 Å². The quantitative estimate of drug-likeness (QED) is 0.320. The summed E-state index contributed by atoms with van der Waals surface area (Å²) in [7, 11) is 0. The van der Waals surface area contributed by atoms with Gasteiger partial charge in [-0.05, 0) is 85.3 Å². The molecule has 7 heteroatoms. The van der Waals surface area contributed by atoms with Crippen LogP contribution in [0.4, 0.5) is 11.4 Å². The van der Waals surface area contributed by atoms with Crippen LogP contribution in [-0.4, -0.2) is 31.5 Å².